The van der Waals surface area contributed by atoms with Crippen molar-refractivity contribution >= 4 is 11.4 Å². The van der Waals surface area contributed by atoms with Crippen molar-refractivity contribution in [2.45, 2.75) is 0 Å². The minimum Gasteiger partial charge on any atom is -0.494 e. The summed E-state index contributed by atoms with van der Waals surface area (Å²) in [6.07, 6.45) is 0. The molecule has 0 radical (unpaired) electrons. The SMILES string of the molecule is COc1ccc([N+](=O)[O-])c(N)c1F. The van der Waals surface area contributed by atoms with Crippen LogP contribution in [0, 0.1) is 15.9 Å². The Morgan fingerprint density at radius 3 is 2.69 bits per heavy atom. The van der Waals surface area contributed by atoms with Crippen LogP contribution in [0.4, 0.5) is 15.8 Å². The highest BCUT2D eigenvalue weighted by molar-refractivity contribution is 5.62. The van der Waals surface area contributed by atoms with Crippen molar-refractivity contribution in [3.05, 3.63) is 28.1 Å². The first-order chi connectivity index (χ1) is 6.07. The van der Waals surface area contributed by atoms with Crippen LogP contribution in [-0.2, 0) is 0 Å². The first-order valence-electron chi connectivity index (χ1n) is 3.34. The number of nitrogens with two attached hydrogens (primary N) is 1. The summed E-state index contributed by atoms with van der Waals surface area (Å²) in [6, 6.07) is 2.25. The van der Waals surface area contributed by atoms with E-state index in [1.807, 2.05) is 0 Å². The van der Waals surface area contributed by atoms with E-state index in [1.54, 1.807) is 0 Å². The summed E-state index contributed by atoms with van der Waals surface area (Å²) in [6.45, 7) is 0. The summed E-state index contributed by atoms with van der Waals surface area (Å²) in [4.78, 5) is 9.54. The van der Waals surface area contributed by atoms with Gasteiger partial charge in [-0.25, -0.2) is 4.39 Å². The Morgan fingerprint density at radius 1 is 1.62 bits per heavy atom. The van der Waals surface area contributed by atoms with E-state index >= 15 is 0 Å². The number of nitrogens with zero attached hydrogens (tertiary/aromatic N) is 1. The molecule has 70 valence electrons. The molecule has 0 aliphatic carbocycles. The van der Waals surface area contributed by atoms with Crippen LogP contribution in [0.2, 0.25) is 0 Å². The lowest BCUT2D eigenvalue weighted by atomic mass is 10.2. The Bertz CT molecular complexity index is 354. The van der Waals surface area contributed by atoms with Gasteiger partial charge in [0.25, 0.3) is 5.69 Å². The molecule has 1 aromatic carbocycles. The monoisotopic (exact) mass is 186 g/mol. The molecule has 5 nitrogen and oxygen atoms in total. The van der Waals surface area contributed by atoms with E-state index in [0.717, 1.165) is 12.1 Å². The number of anilines is 1. The highest BCUT2D eigenvalue weighted by atomic mass is 19.1. The highest BCUT2D eigenvalue weighted by Gasteiger charge is 2.18. The van der Waals surface area contributed by atoms with Crippen LogP contribution >= 0.6 is 0 Å². The average molecular weight is 186 g/mol. The molecular weight excluding hydrogens is 179 g/mol. The Labute approximate surface area is 73.1 Å². The summed E-state index contributed by atoms with van der Waals surface area (Å²) >= 11 is 0. The molecule has 0 aromatic heterocycles. The second-order valence-electron chi connectivity index (χ2n) is 2.27. The molecule has 0 aliphatic rings. The summed E-state index contributed by atoms with van der Waals surface area (Å²) in [5.74, 6) is -1.01. The van der Waals surface area contributed by atoms with Crippen molar-refractivity contribution in [1.29, 1.82) is 0 Å². The van der Waals surface area contributed by atoms with E-state index in [0.29, 0.717) is 0 Å². The van der Waals surface area contributed by atoms with Gasteiger partial charge in [-0.1, -0.05) is 0 Å². The average Bonchev–Trinajstić information content (AvgIpc) is 2.09. The van der Waals surface area contributed by atoms with Gasteiger partial charge in [-0.2, -0.15) is 0 Å². The van der Waals surface area contributed by atoms with Gasteiger partial charge >= 0.3 is 0 Å². The molecule has 0 spiro atoms. The number of rotatable bonds is 2. The standard InChI is InChI=1S/C7H7FN2O3/c1-13-5-3-2-4(10(11)12)7(9)6(5)8/h2-3H,9H2,1H3. The topological polar surface area (TPSA) is 78.4 Å². The van der Waals surface area contributed by atoms with E-state index in [9.17, 15) is 14.5 Å². The van der Waals surface area contributed by atoms with Crippen molar-refractivity contribution in [3.8, 4) is 5.75 Å². The molecule has 0 heterocycles. The molecule has 1 rings (SSSR count). The third-order valence-corrected chi connectivity index (χ3v) is 1.54. The number of hydrogen-bond acceptors (Lipinski definition) is 4. The van der Waals surface area contributed by atoms with Crippen molar-refractivity contribution in [2.75, 3.05) is 12.8 Å². The molecule has 0 fully saturated rings. The Balaban J connectivity index is 3.31. The quantitative estimate of drug-likeness (QED) is 0.429. The lowest BCUT2D eigenvalue weighted by molar-refractivity contribution is -0.384. The van der Waals surface area contributed by atoms with E-state index in [1.165, 1.54) is 7.11 Å². The number of nitro benzene ring substituents is 1. The third-order valence-electron chi connectivity index (χ3n) is 1.54. The second kappa shape index (κ2) is 3.26. The molecule has 0 bridgehead atoms. The molecule has 1 aromatic rings. The molecule has 0 unspecified atom stereocenters. The lowest BCUT2D eigenvalue weighted by Gasteiger charge is -2.03. The van der Waals surface area contributed by atoms with Gasteiger partial charge in [-0.05, 0) is 6.07 Å². The third kappa shape index (κ3) is 1.51. The Hall–Kier alpha value is -1.85. The predicted molar refractivity (Wildman–Crippen MR) is 44.0 cm³/mol. The van der Waals surface area contributed by atoms with Crippen LogP contribution in [0.15, 0.2) is 12.1 Å². The molecule has 13 heavy (non-hydrogen) atoms. The van der Waals surface area contributed by atoms with Gasteiger partial charge in [0.15, 0.2) is 17.3 Å². The highest BCUT2D eigenvalue weighted by Crippen LogP contribution is 2.30. The maximum absolute atomic E-state index is 13.1. The first-order valence-corrected chi connectivity index (χ1v) is 3.34. The maximum Gasteiger partial charge on any atom is 0.295 e. The minimum atomic E-state index is -0.906. The largest absolute Gasteiger partial charge is 0.494 e. The number of nitrogen functional groups attached to an aromatic ring is 1. The lowest BCUT2D eigenvalue weighted by Crippen LogP contribution is -2.00. The van der Waals surface area contributed by atoms with Crippen molar-refractivity contribution in [3.63, 3.8) is 0 Å². The van der Waals surface area contributed by atoms with E-state index < -0.39 is 22.1 Å². The predicted octanol–water partition coefficient (Wildman–Crippen LogP) is 1.32. The van der Waals surface area contributed by atoms with Crippen LogP contribution in [0.5, 0.6) is 5.75 Å². The molecule has 0 amide bonds. The molecular formula is C7H7FN2O3. The summed E-state index contributed by atoms with van der Waals surface area (Å²) in [5, 5.41) is 10.3. The van der Waals surface area contributed by atoms with Crippen LogP contribution in [0.1, 0.15) is 0 Å². The molecule has 0 saturated heterocycles. The zero-order chi connectivity index (χ0) is 10.0. The normalized spacial score (nSPS) is 9.69. The van der Waals surface area contributed by atoms with Gasteiger partial charge in [0.1, 0.15) is 0 Å². The smallest absolute Gasteiger partial charge is 0.295 e. The van der Waals surface area contributed by atoms with Gasteiger partial charge in [0.2, 0.25) is 0 Å². The molecule has 2 N–H and O–H groups in total. The number of hydrogen-bond donors (Lipinski definition) is 1. The minimum absolute atomic E-state index is 0.108. The molecule has 0 aliphatic heterocycles. The van der Waals surface area contributed by atoms with Crippen molar-refractivity contribution in [1.82, 2.24) is 0 Å². The van der Waals surface area contributed by atoms with Crippen LogP contribution in [-0.4, -0.2) is 12.0 Å². The summed E-state index contributed by atoms with van der Waals surface area (Å²) < 4.78 is 17.7. The van der Waals surface area contributed by atoms with Crippen LogP contribution in [0.25, 0.3) is 0 Å². The zero-order valence-corrected chi connectivity index (χ0v) is 6.78. The van der Waals surface area contributed by atoms with Crippen LogP contribution in [0.3, 0.4) is 0 Å². The maximum atomic E-state index is 13.1. The zero-order valence-electron chi connectivity index (χ0n) is 6.78. The number of nitro groups is 1. The van der Waals surface area contributed by atoms with E-state index in [-0.39, 0.29) is 5.75 Å². The molecule has 0 atom stereocenters. The number of benzene rings is 1. The first kappa shape index (κ1) is 9.24. The van der Waals surface area contributed by atoms with Gasteiger partial charge in [-0.15, -0.1) is 0 Å². The summed E-state index contributed by atoms with van der Waals surface area (Å²) in [7, 11) is 1.25. The van der Waals surface area contributed by atoms with E-state index in [2.05, 4.69) is 4.74 Å². The Morgan fingerprint density at radius 2 is 2.23 bits per heavy atom. The van der Waals surface area contributed by atoms with Gasteiger partial charge in [0.05, 0.1) is 12.0 Å². The number of ether oxygens (including phenoxy) is 1. The van der Waals surface area contributed by atoms with Crippen LogP contribution < -0.4 is 10.5 Å². The fraction of sp³-hybridized carbons (Fsp3) is 0.143. The second-order valence-corrected chi connectivity index (χ2v) is 2.27. The van der Waals surface area contributed by atoms with Gasteiger partial charge in [-0.3, -0.25) is 10.1 Å². The van der Waals surface area contributed by atoms with Gasteiger partial charge < -0.3 is 10.5 Å². The van der Waals surface area contributed by atoms with Crippen molar-refractivity contribution < 1.29 is 14.1 Å². The fourth-order valence-electron chi connectivity index (χ4n) is 0.880. The molecule has 0 saturated carbocycles. The van der Waals surface area contributed by atoms with E-state index in [4.69, 9.17) is 5.73 Å². The van der Waals surface area contributed by atoms with Gasteiger partial charge in [0, 0.05) is 6.07 Å². The van der Waals surface area contributed by atoms with Crippen molar-refractivity contribution in [2.24, 2.45) is 0 Å². The number of methoxy groups -OCH3 is 1. The summed E-state index contributed by atoms with van der Waals surface area (Å²) in [5.41, 5.74) is 4.19. The fourth-order valence-corrected chi connectivity index (χ4v) is 0.880. The Kier molecular flexibility index (Phi) is 2.32. The number of halogens is 1. The molecule has 6 heteroatoms.